The van der Waals surface area contributed by atoms with Crippen LogP contribution in [0.15, 0.2) is 91.9 Å². The van der Waals surface area contributed by atoms with E-state index in [1.165, 1.54) is 0 Å². The first-order valence-electron chi connectivity index (χ1n) is 12.4. The summed E-state index contributed by atoms with van der Waals surface area (Å²) < 4.78 is 5.07. The summed E-state index contributed by atoms with van der Waals surface area (Å²) in [5.41, 5.74) is 5.48. The number of hydrogen-bond donors (Lipinski definition) is 2. The number of pyridine rings is 4. The Kier molecular flexibility index (Phi) is 7.23. The summed E-state index contributed by atoms with van der Waals surface area (Å²) in [6, 6.07) is 15.8. The highest BCUT2D eigenvalue weighted by Crippen LogP contribution is 2.25. The number of imidazole rings is 2. The number of rotatable bonds is 4. The molecule has 6 rings (SSSR count). The van der Waals surface area contributed by atoms with Crippen molar-refractivity contribution < 1.29 is 10.2 Å². The molecule has 6 heterocycles. The first kappa shape index (κ1) is 26.9. The minimum absolute atomic E-state index is 0.665. The van der Waals surface area contributed by atoms with E-state index in [2.05, 4.69) is 42.5 Å². The van der Waals surface area contributed by atoms with Crippen molar-refractivity contribution in [2.75, 3.05) is 0 Å². The Morgan fingerprint density at radius 2 is 1.18 bits per heavy atom. The number of aromatic nitrogens is 6. The number of halogens is 1. The van der Waals surface area contributed by atoms with Crippen molar-refractivity contribution in [3.05, 3.63) is 107 Å². The highest BCUT2D eigenvalue weighted by atomic mass is 127. The van der Waals surface area contributed by atoms with E-state index in [0.717, 1.165) is 37.2 Å². The van der Waals surface area contributed by atoms with Crippen molar-refractivity contribution in [1.29, 1.82) is 0 Å². The van der Waals surface area contributed by atoms with Crippen molar-refractivity contribution in [3.63, 3.8) is 0 Å². The molecule has 6 aromatic rings. The molecule has 0 aliphatic carbocycles. The highest BCUT2D eigenvalue weighted by Gasteiger charge is 2.18. The van der Waals surface area contributed by atoms with E-state index in [0.29, 0.717) is 11.4 Å². The summed E-state index contributed by atoms with van der Waals surface area (Å²) >= 11 is 2.25. The van der Waals surface area contributed by atoms with Crippen LogP contribution < -0.4 is 0 Å². The lowest BCUT2D eigenvalue weighted by Crippen LogP contribution is -2.17. The van der Waals surface area contributed by atoms with Gasteiger partial charge < -0.3 is 14.6 Å². The average Bonchev–Trinajstić information content (AvgIpc) is 3.54. The quantitative estimate of drug-likeness (QED) is 0.237. The molecular weight excluding hydrogens is 603 g/mol. The van der Waals surface area contributed by atoms with Gasteiger partial charge in [-0.05, 0) is 97.8 Å². The summed E-state index contributed by atoms with van der Waals surface area (Å²) in [5.74, 6) is 0. The van der Waals surface area contributed by atoms with Gasteiger partial charge in [0, 0.05) is 48.3 Å². The maximum absolute atomic E-state index is 9.92. The third-order valence-electron chi connectivity index (χ3n) is 6.31. The second-order valence-corrected chi connectivity index (χ2v) is 11.4. The second kappa shape index (κ2) is 10.5. The monoisotopic (exact) mass is 632 g/mol. The largest absolute Gasteiger partial charge is 0.384 e. The van der Waals surface area contributed by atoms with Crippen molar-refractivity contribution in [2.24, 2.45) is 0 Å². The zero-order chi connectivity index (χ0) is 27.8. The standard InChI is InChI=1S/C15H14IN3O.C15H15N3O/c1-15(2,20)12-4-3-11(8-17-12)10-5-6-19-13(16)9-18-14(19)7-10;1-15(2,19)13-4-3-12(10-17-13)11-5-7-18-8-6-16-14(18)9-11/h3-9,20H,1-2H3;3-10,19H,1-2H3. The molecule has 0 radical (unpaired) electrons. The normalized spacial score (nSPS) is 12.0. The van der Waals surface area contributed by atoms with E-state index in [1.54, 1.807) is 46.3 Å². The van der Waals surface area contributed by atoms with Crippen LogP contribution in [0.4, 0.5) is 0 Å². The van der Waals surface area contributed by atoms with Gasteiger partial charge in [0.15, 0.2) is 0 Å². The molecule has 198 valence electrons. The third kappa shape index (κ3) is 6.00. The van der Waals surface area contributed by atoms with Crippen molar-refractivity contribution in [3.8, 4) is 22.3 Å². The molecule has 9 heteroatoms. The lowest BCUT2D eigenvalue weighted by molar-refractivity contribution is 0.0733. The Labute approximate surface area is 240 Å². The van der Waals surface area contributed by atoms with Gasteiger partial charge in [-0.15, -0.1) is 0 Å². The number of aliphatic hydroxyl groups is 2. The minimum atomic E-state index is -0.915. The molecule has 0 spiro atoms. The van der Waals surface area contributed by atoms with Crippen LogP contribution in [0, 0.1) is 3.70 Å². The SMILES string of the molecule is CC(C)(O)c1ccc(-c2ccn3c(I)cnc3c2)cn1.CC(C)(O)c1ccc(-c2ccn3ccnc3c2)cn1. The van der Waals surface area contributed by atoms with Gasteiger partial charge in [-0.2, -0.15) is 0 Å². The number of nitrogens with zero attached hydrogens (tertiary/aromatic N) is 6. The summed E-state index contributed by atoms with van der Waals surface area (Å²) in [6.45, 7) is 6.91. The Morgan fingerprint density at radius 3 is 1.72 bits per heavy atom. The molecule has 0 fully saturated rings. The van der Waals surface area contributed by atoms with E-state index < -0.39 is 11.2 Å². The molecule has 0 aliphatic rings. The number of fused-ring (bicyclic) bond motifs is 2. The van der Waals surface area contributed by atoms with Crippen molar-refractivity contribution >= 4 is 33.9 Å². The van der Waals surface area contributed by atoms with E-state index in [9.17, 15) is 10.2 Å². The van der Waals surface area contributed by atoms with Gasteiger partial charge in [-0.3, -0.25) is 14.4 Å². The molecule has 0 aliphatic heterocycles. The highest BCUT2D eigenvalue weighted by molar-refractivity contribution is 14.1. The smallest absolute Gasteiger partial charge is 0.138 e. The van der Waals surface area contributed by atoms with Gasteiger partial charge in [0.2, 0.25) is 0 Å². The molecule has 0 atom stereocenters. The number of hydrogen-bond acceptors (Lipinski definition) is 6. The van der Waals surface area contributed by atoms with Gasteiger partial charge in [-0.1, -0.05) is 12.1 Å². The van der Waals surface area contributed by atoms with Gasteiger partial charge in [0.1, 0.15) is 26.2 Å². The van der Waals surface area contributed by atoms with Crippen LogP contribution in [0.5, 0.6) is 0 Å². The molecule has 6 aromatic heterocycles. The summed E-state index contributed by atoms with van der Waals surface area (Å²) in [7, 11) is 0. The maximum Gasteiger partial charge on any atom is 0.138 e. The Bertz CT molecular complexity index is 1730. The van der Waals surface area contributed by atoms with E-state index in [-0.39, 0.29) is 0 Å². The zero-order valence-electron chi connectivity index (χ0n) is 22.1. The van der Waals surface area contributed by atoms with Gasteiger partial charge >= 0.3 is 0 Å². The van der Waals surface area contributed by atoms with Gasteiger partial charge in [0.25, 0.3) is 0 Å². The predicted octanol–water partition coefficient (Wildman–Crippen LogP) is 5.85. The van der Waals surface area contributed by atoms with Crippen LogP contribution >= 0.6 is 22.6 Å². The molecule has 0 saturated carbocycles. The fourth-order valence-corrected chi connectivity index (χ4v) is 4.62. The second-order valence-electron chi connectivity index (χ2n) is 10.3. The zero-order valence-corrected chi connectivity index (χ0v) is 24.3. The average molecular weight is 633 g/mol. The minimum Gasteiger partial charge on any atom is -0.384 e. The molecule has 2 N–H and O–H groups in total. The Balaban J connectivity index is 0.000000158. The molecular formula is C30H29IN6O2. The summed E-state index contributed by atoms with van der Waals surface area (Å²) in [5, 5.41) is 19.8. The van der Waals surface area contributed by atoms with E-state index >= 15 is 0 Å². The van der Waals surface area contributed by atoms with Crippen LogP contribution in [0.2, 0.25) is 0 Å². The van der Waals surface area contributed by atoms with Gasteiger partial charge in [0.05, 0.1) is 17.6 Å². The fraction of sp³-hybridized carbons (Fsp3) is 0.200. The van der Waals surface area contributed by atoms with Crippen molar-refractivity contribution in [1.82, 2.24) is 28.7 Å². The van der Waals surface area contributed by atoms with Crippen LogP contribution in [-0.4, -0.2) is 39.0 Å². The fourth-order valence-electron chi connectivity index (χ4n) is 4.07. The molecule has 0 unspecified atom stereocenters. The molecule has 39 heavy (non-hydrogen) atoms. The first-order chi connectivity index (χ1) is 18.5. The Morgan fingerprint density at radius 1 is 0.615 bits per heavy atom. The predicted molar refractivity (Wildman–Crippen MR) is 160 cm³/mol. The molecule has 0 saturated heterocycles. The van der Waals surface area contributed by atoms with Gasteiger partial charge in [-0.25, -0.2) is 9.97 Å². The van der Waals surface area contributed by atoms with Crippen LogP contribution in [0.1, 0.15) is 39.1 Å². The molecule has 0 bridgehead atoms. The maximum atomic E-state index is 9.92. The summed E-state index contributed by atoms with van der Waals surface area (Å²) in [4.78, 5) is 17.3. The lowest BCUT2D eigenvalue weighted by Gasteiger charge is -2.16. The first-order valence-corrected chi connectivity index (χ1v) is 13.5. The third-order valence-corrected chi connectivity index (χ3v) is 7.11. The van der Waals surface area contributed by atoms with Crippen LogP contribution in [0.25, 0.3) is 33.5 Å². The van der Waals surface area contributed by atoms with Crippen LogP contribution in [-0.2, 0) is 11.2 Å². The molecule has 8 nitrogen and oxygen atoms in total. The molecule has 0 amide bonds. The molecule has 0 aromatic carbocycles. The lowest BCUT2D eigenvalue weighted by atomic mass is 10.0. The van der Waals surface area contributed by atoms with E-state index in [4.69, 9.17) is 0 Å². The van der Waals surface area contributed by atoms with E-state index in [1.807, 2.05) is 82.1 Å². The van der Waals surface area contributed by atoms with Crippen LogP contribution in [0.3, 0.4) is 0 Å². The summed E-state index contributed by atoms with van der Waals surface area (Å²) in [6.07, 6.45) is 13.1. The topological polar surface area (TPSA) is 101 Å². The van der Waals surface area contributed by atoms with Crippen molar-refractivity contribution in [2.45, 2.75) is 38.9 Å². The Hall–Kier alpha value is -3.67.